The fraction of sp³-hybridized carbons (Fsp3) is 0.469. The molecule has 44 heavy (non-hydrogen) atoms. The van der Waals surface area contributed by atoms with Gasteiger partial charge in [0.1, 0.15) is 24.3 Å². The van der Waals surface area contributed by atoms with E-state index in [1.165, 1.54) is 0 Å². The van der Waals surface area contributed by atoms with Crippen LogP contribution in [0.5, 0.6) is 5.75 Å². The first-order valence-electron chi connectivity index (χ1n) is 14.8. The lowest BCUT2D eigenvalue weighted by atomic mass is 9.58. The van der Waals surface area contributed by atoms with Gasteiger partial charge in [-0.15, -0.1) is 0 Å². The first-order chi connectivity index (χ1) is 21.1. The molecule has 1 spiro atoms. The number of carbonyl (C=O) groups excluding carboxylic acids is 3. The van der Waals surface area contributed by atoms with Gasteiger partial charge in [-0.25, -0.2) is 0 Å². The summed E-state index contributed by atoms with van der Waals surface area (Å²) in [6.45, 7) is 2.42. The number of nitrogens with one attached hydrogen (secondary N) is 2. The molecule has 236 valence electrons. The maximum absolute atomic E-state index is 13.2. The van der Waals surface area contributed by atoms with Crippen molar-refractivity contribution < 1.29 is 43.9 Å². The third-order valence-corrected chi connectivity index (χ3v) is 8.64. The van der Waals surface area contributed by atoms with Gasteiger partial charge in [0.15, 0.2) is 5.60 Å². The highest BCUT2D eigenvalue weighted by Gasteiger charge is 2.62. The second kappa shape index (κ2) is 13.3. The summed E-state index contributed by atoms with van der Waals surface area (Å²) >= 11 is 0. The van der Waals surface area contributed by atoms with Gasteiger partial charge in [-0.3, -0.25) is 14.4 Å². The monoisotopic (exact) mass is 609 g/mol. The van der Waals surface area contributed by atoms with Crippen molar-refractivity contribution in [3.63, 3.8) is 0 Å². The molecule has 7 unspecified atom stereocenters. The van der Waals surface area contributed by atoms with E-state index in [9.17, 15) is 29.7 Å². The normalized spacial score (nSPS) is 27.8. The first kappa shape index (κ1) is 31.5. The maximum Gasteiger partial charge on any atom is 0.314 e. The molecule has 12 heteroatoms. The lowest BCUT2D eigenvalue weighted by Gasteiger charge is -2.47. The van der Waals surface area contributed by atoms with Crippen LogP contribution in [-0.4, -0.2) is 78.3 Å². The van der Waals surface area contributed by atoms with Gasteiger partial charge < -0.3 is 45.9 Å². The number of benzene rings is 1. The number of hydrogen-bond acceptors (Lipinski definition) is 10. The van der Waals surface area contributed by atoms with Crippen molar-refractivity contribution in [3.05, 3.63) is 77.1 Å². The van der Waals surface area contributed by atoms with E-state index in [1.807, 2.05) is 6.08 Å². The fourth-order valence-electron chi connectivity index (χ4n) is 6.61. The Morgan fingerprint density at radius 2 is 1.91 bits per heavy atom. The minimum Gasteiger partial charge on any atom is -0.508 e. The summed E-state index contributed by atoms with van der Waals surface area (Å²) in [5.74, 6) is -2.37. The van der Waals surface area contributed by atoms with Crippen LogP contribution in [0.2, 0.25) is 0 Å². The molecule has 12 nitrogen and oxygen atoms in total. The Balaban J connectivity index is 1.18. The minimum atomic E-state index is -1.15. The predicted octanol–water partition coefficient (Wildman–Crippen LogP) is 0.994. The number of hydrogen-bond donors (Lipinski definition) is 6. The van der Waals surface area contributed by atoms with E-state index in [2.05, 4.69) is 10.6 Å². The third-order valence-electron chi connectivity index (χ3n) is 8.64. The second-order valence-electron chi connectivity index (χ2n) is 11.4. The molecule has 1 aromatic carbocycles. The molecule has 1 saturated heterocycles. The van der Waals surface area contributed by atoms with Gasteiger partial charge in [0.05, 0.1) is 31.8 Å². The molecular weight excluding hydrogens is 570 g/mol. The number of amides is 2. The molecule has 0 bridgehead atoms. The number of allylic oxidation sites excluding steroid dienone is 2. The fourth-order valence-corrected chi connectivity index (χ4v) is 6.61. The number of rotatable bonds is 12. The Morgan fingerprint density at radius 3 is 2.68 bits per heavy atom. The molecule has 5 rings (SSSR count). The van der Waals surface area contributed by atoms with Crippen LogP contribution >= 0.6 is 0 Å². The molecule has 1 heterocycles. The van der Waals surface area contributed by atoms with Crippen molar-refractivity contribution in [1.29, 1.82) is 0 Å². The van der Waals surface area contributed by atoms with E-state index >= 15 is 0 Å². The second-order valence-corrected chi connectivity index (χ2v) is 11.4. The van der Waals surface area contributed by atoms with Crippen molar-refractivity contribution in [3.8, 4) is 5.75 Å². The van der Waals surface area contributed by atoms with Crippen LogP contribution in [0, 0.1) is 23.7 Å². The van der Waals surface area contributed by atoms with Gasteiger partial charge in [-0.1, -0.05) is 37.3 Å². The summed E-state index contributed by atoms with van der Waals surface area (Å²) in [5, 5.41) is 35.2. The maximum atomic E-state index is 13.2. The zero-order valence-corrected chi connectivity index (χ0v) is 24.5. The molecule has 1 aromatic rings. The molecule has 0 radical (unpaired) electrons. The quantitative estimate of drug-likeness (QED) is 0.113. The van der Waals surface area contributed by atoms with E-state index in [0.717, 1.165) is 11.1 Å². The lowest BCUT2D eigenvalue weighted by Crippen LogP contribution is -2.48. The van der Waals surface area contributed by atoms with Crippen LogP contribution in [0.1, 0.15) is 24.5 Å². The average Bonchev–Trinajstić information content (AvgIpc) is 3.28. The van der Waals surface area contributed by atoms with E-state index in [4.69, 9.17) is 19.9 Å². The number of phenols is 1. The van der Waals surface area contributed by atoms with Crippen molar-refractivity contribution in [1.82, 2.24) is 10.6 Å². The van der Waals surface area contributed by atoms with Crippen LogP contribution in [0.15, 0.2) is 66.0 Å². The highest BCUT2D eigenvalue weighted by Crippen LogP contribution is 2.59. The molecule has 7 atom stereocenters. The number of carbonyl (C=O) groups is 3. The smallest absolute Gasteiger partial charge is 0.314 e. The van der Waals surface area contributed by atoms with Gasteiger partial charge in [0, 0.05) is 29.5 Å². The Morgan fingerprint density at radius 1 is 1.11 bits per heavy atom. The van der Waals surface area contributed by atoms with E-state index in [0.29, 0.717) is 18.4 Å². The summed E-state index contributed by atoms with van der Waals surface area (Å²) in [7, 11) is 0. The molecule has 0 aromatic heterocycles. The van der Waals surface area contributed by atoms with Crippen molar-refractivity contribution >= 4 is 17.8 Å². The van der Waals surface area contributed by atoms with Gasteiger partial charge in [0.2, 0.25) is 5.91 Å². The number of ether oxygens (including phenoxy) is 3. The molecule has 0 saturated carbocycles. The number of phenolic OH excluding ortho intramolecular Hbond substituents is 1. The molecule has 1 aliphatic heterocycles. The van der Waals surface area contributed by atoms with Gasteiger partial charge in [-0.2, -0.15) is 0 Å². The molecular formula is C32H39N3O9. The summed E-state index contributed by atoms with van der Waals surface area (Å²) in [5.41, 5.74) is 6.30. The Labute approximate surface area is 255 Å². The van der Waals surface area contributed by atoms with Crippen LogP contribution < -0.4 is 16.4 Å². The largest absolute Gasteiger partial charge is 0.508 e. The highest BCUT2D eigenvalue weighted by atomic mass is 16.6. The van der Waals surface area contributed by atoms with Crippen molar-refractivity contribution in [2.45, 2.75) is 37.6 Å². The summed E-state index contributed by atoms with van der Waals surface area (Å²) in [6, 6.07) is 4.49. The number of aliphatic hydroxyl groups excluding tert-OH is 2. The van der Waals surface area contributed by atoms with Gasteiger partial charge >= 0.3 is 5.97 Å². The number of aromatic hydroxyl groups is 1. The lowest BCUT2D eigenvalue weighted by molar-refractivity contribution is -0.157. The highest BCUT2D eigenvalue weighted by molar-refractivity contribution is 5.97. The predicted molar refractivity (Wildman–Crippen MR) is 158 cm³/mol. The summed E-state index contributed by atoms with van der Waals surface area (Å²) in [6.07, 6.45) is 10.3. The molecule has 3 aliphatic carbocycles. The number of aliphatic hydroxyl groups is 2. The topological polar surface area (TPSA) is 190 Å². The van der Waals surface area contributed by atoms with Gasteiger partial charge in [-0.05, 0) is 48.6 Å². The standard InChI is InChI=1S/C32H39N3O9/c1-2-27(29(33)39)35-28(38)17-43-12-11-42-10-9-34-30(40)18-3-6-23-26(16-18)32(44-31(23)41)24-7-4-21(36)14-19(24)13-20-15-22(37)5-8-25(20)32/h3-8,14-16,19,23-24,26-27,29,36-37,39H,2,9-13,17,33H2,1H3,(H,34,40)(H,35,38). The molecule has 7 N–H and O–H groups in total. The van der Waals surface area contributed by atoms with Crippen LogP contribution in [0.4, 0.5) is 0 Å². The average molecular weight is 610 g/mol. The van der Waals surface area contributed by atoms with Crippen LogP contribution in [0.3, 0.4) is 0 Å². The van der Waals surface area contributed by atoms with E-state index < -0.39 is 29.7 Å². The first-order valence-corrected chi connectivity index (χ1v) is 14.8. The van der Waals surface area contributed by atoms with Crippen molar-refractivity contribution in [2.75, 3.05) is 33.0 Å². The SMILES string of the molecule is CCC(NC(=O)COCCOCCNC(=O)C1=CC2C(C=C1)C(=O)OC21c2ccc(O)cc2CC2C=C(O)C=CC21)C(N)O. The molecule has 4 aliphatic rings. The van der Waals surface area contributed by atoms with Crippen LogP contribution in [-0.2, 0) is 40.6 Å². The number of esters is 1. The zero-order chi connectivity index (χ0) is 31.4. The summed E-state index contributed by atoms with van der Waals surface area (Å²) < 4.78 is 17.0. The molecule has 2 amide bonds. The number of nitrogens with two attached hydrogens (primary N) is 1. The Bertz CT molecular complexity index is 1400. The summed E-state index contributed by atoms with van der Waals surface area (Å²) in [4.78, 5) is 38.2. The Hall–Kier alpha value is -3.97. The third kappa shape index (κ3) is 6.29. The molecule has 1 fully saturated rings. The zero-order valence-electron chi connectivity index (χ0n) is 24.5. The minimum absolute atomic E-state index is 0.101. The Kier molecular flexibility index (Phi) is 9.54. The van der Waals surface area contributed by atoms with Crippen molar-refractivity contribution in [2.24, 2.45) is 29.4 Å². The van der Waals surface area contributed by atoms with Crippen LogP contribution in [0.25, 0.3) is 0 Å². The van der Waals surface area contributed by atoms with E-state index in [-0.39, 0.29) is 74.1 Å². The van der Waals surface area contributed by atoms with E-state index in [1.54, 1.807) is 55.5 Å². The number of fused-ring (bicyclic) bond motifs is 6. The van der Waals surface area contributed by atoms with Gasteiger partial charge in [0.25, 0.3) is 5.91 Å².